The number of ether oxygens (including phenoxy) is 1. The van der Waals surface area contributed by atoms with E-state index < -0.39 is 0 Å². The van der Waals surface area contributed by atoms with Gasteiger partial charge < -0.3 is 15.6 Å². The van der Waals surface area contributed by atoms with Crippen molar-refractivity contribution >= 4 is 17.0 Å². The average Bonchev–Trinajstić information content (AvgIpc) is 2.58. The molecule has 0 radical (unpaired) electrons. The van der Waals surface area contributed by atoms with Gasteiger partial charge in [-0.1, -0.05) is 17.4 Å². The lowest BCUT2D eigenvalue weighted by Crippen LogP contribution is -1.94. The van der Waals surface area contributed by atoms with Crippen molar-refractivity contribution in [2.75, 3.05) is 12.8 Å². The minimum atomic E-state index is -0.265. The number of aromatic nitrogens is 1. The maximum Gasteiger partial charge on any atom is 0.307 e. The number of nitrogen functional groups attached to an aromatic ring is 1. The summed E-state index contributed by atoms with van der Waals surface area (Å²) in [5.74, 6) is 0.537. The molecule has 2 rings (SSSR count). The topological polar surface area (TPSA) is 88.3 Å². The summed E-state index contributed by atoms with van der Waals surface area (Å²) in [6.07, 6.45) is 0.462. The minimum absolute atomic E-state index is 0.0746. The van der Waals surface area contributed by atoms with Gasteiger partial charge in [-0.25, -0.2) is 0 Å². The Morgan fingerprint density at radius 3 is 2.82 bits per heavy atom. The van der Waals surface area contributed by atoms with Crippen LogP contribution in [0.15, 0.2) is 23.0 Å². The van der Waals surface area contributed by atoms with Crippen molar-refractivity contribution in [3.8, 4) is 11.6 Å². The fraction of sp³-hybridized carbons (Fsp3) is 0.182. The quantitative estimate of drug-likeness (QED) is 0.719. The van der Waals surface area contributed by atoms with Crippen molar-refractivity contribution in [3.05, 3.63) is 38.3 Å². The van der Waals surface area contributed by atoms with Crippen molar-refractivity contribution in [2.45, 2.75) is 6.42 Å². The number of aromatic hydroxyl groups is 1. The Hall–Kier alpha value is -1.95. The smallest absolute Gasteiger partial charge is 0.307 e. The maximum absolute atomic E-state index is 11.0. The van der Waals surface area contributed by atoms with E-state index in [-0.39, 0.29) is 10.8 Å². The van der Waals surface area contributed by atoms with Gasteiger partial charge in [0.15, 0.2) is 0 Å². The van der Waals surface area contributed by atoms with Crippen LogP contribution in [0.1, 0.15) is 10.4 Å². The van der Waals surface area contributed by atoms with Gasteiger partial charge in [0, 0.05) is 6.42 Å². The monoisotopic (exact) mass is 252 g/mol. The second-order valence-electron chi connectivity index (χ2n) is 3.54. The van der Waals surface area contributed by atoms with Crippen LogP contribution in [0.5, 0.6) is 11.6 Å². The number of rotatable bonds is 3. The highest BCUT2D eigenvalue weighted by Crippen LogP contribution is 2.25. The molecule has 0 saturated carbocycles. The van der Waals surface area contributed by atoms with E-state index in [1.54, 1.807) is 19.2 Å². The van der Waals surface area contributed by atoms with Crippen LogP contribution in [0, 0.1) is 0 Å². The van der Waals surface area contributed by atoms with E-state index >= 15 is 0 Å². The molecule has 0 aliphatic carbocycles. The van der Waals surface area contributed by atoms with Crippen LogP contribution in [0.3, 0.4) is 0 Å². The molecule has 2 aromatic rings. The summed E-state index contributed by atoms with van der Waals surface area (Å²) in [6.45, 7) is 0. The summed E-state index contributed by atoms with van der Waals surface area (Å²) in [6, 6.07) is 5.37. The van der Waals surface area contributed by atoms with Crippen molar-refractivity contribution in [2.24, 2.45) is 0 Å². The summed E-state index contributed by atoms with van der Waals surface area (Å²) in [5.41, 5.74) is 7.22. The molecule has 1 heterocycles. The Morgan fingerprint density at radius 2 is 2.29 bits per heavy atom. The molecule has 5 nitrogen and oxygen atoms in total. The molecule has 0 aliphatic heterocycles. The Bertz CT molecular complexity index is 589. The second kappa shape index (κ2) is 4.50. The highest BCUT2D eigenvalue weighted by molar-refractivity contribution is 7.09. The molecular formula is C11H12N2O3S. The van der Waals surface area contributed by atoms with Gasteiger partial charge in [0.1, 0.15) is 5.75 Å². The van der Waals surface area contributed by atoms with Crippen molar-refractivity contribution in [1.82, 2.24) is 4.98 Å². The molecule has 0 bridgehead atoms. The zero-order valence-electron chi connectivity index (χ0n) is 9.19. The summed E-state index contributed by atoms with van der Waals surface area (Å²) in [5, 5.41) is 9.46. The van der Waals surface area contributed by atoms with Crippen molar-refractivity contribution in [3.63, 3.8) is 0 Å². The summed E-state index contributed by atoms with van der Waals surface area (Å²) < 4.78 is 5.05. The number of hydrogen-bond donors (Lipinski definition) is 3. The Balaban J connectivity index is 2.27. The number of anilines is 1. The zero-order valence-corrected chi connectivity index (χ0v) is 10.0. The van der Waals surface area contributed by atoms with Gasteiger partial charge in [-0.3, -0.25) is 9.78 Å². The van der Waals surface area contributed by atoms with Gasteiger partial charge in [-0.15, -0.1) is 0 Å². The van der Waals surface area contributed by atoms with Crippen LogP contribution in [0.25, 0.3) is 0 Å². The van der Waals surface area contributed by atoms with Crippen LogP contribution in [0.2, 0.25) is 0 Å². The van der Waals surface area contributed by atoms with Gasteiger partial charge in [-0.05, 0) is 17.7 Å². The first-order valence-electron chi connectivity index (χ1n) is 4.93. The molecule has 0 spiro atoms. The predicted octanol–water partition coefficient (Wildman–Crippen LogP) is 1.32. The third-order valence-electron chi connectivity index (χ3n) is 2.36. The van der Waals surface area contributed by atoms with Crippen LogP contribution < -0.4 is 15.3 Å². The number of aromatic amines is 1. The highest BCUT2D eigenvalue weighted by Gasteiger charge is 2.08. The van der Waals surface area contributed by atoms with Crippen LogP contribution in [-0.4, -0.2) is 17.2 Å². The largest absolute Gasteiger partial charge is 0.495 e. The Kier molecular flexibility index (Phi) is 3.06. The van der Waals surface area contributed by atoms with Gasteiger partial charge in [0.2, 0.25) is 5.88 Å². The molecule has 0 atom stereocenters. The molecule has 0 saturated heterocycles. The Morgan fingerprint density at radius 1 is 1.53 bits per heavy atom. The lowest BCUT2D eigenvalue weighted by molar-refractivity contribution is 0.417. The molecule has 90 valence electrons. The molecule has 0 fully saturated rings. The van der Waals surface area contributed by atoms with E-state index in [9.17, 15) is 9.90 Å². The predicted molar refractivity (Wildman–Crippen MR) is 66.8 cm³/mol. The molecule has 1 aromatic heterocycles. The van der Waals surface area contributed by atoms with Gasteiger partial charge in [-0.2, -0.15) is 0 Å². The first-order valence-corrected chi connectivity index (χ1v) is 5.75. The molecule has 6 heteroatoms. The summed E-state index contributed by atoms with van der Waals surface area (Å²) in [4.78, 5) is 13.7. The molecule has 17 heavy (non-hydrogen) atoms. The first-order chi connectivity index (χ1) is 8.10. The van der Waals surface area contributed by atoms with Crippen LogP contribution in [-0.2, 0) is 6.42 Å². The van der Waals surface area contributed by atoms with E-state index in [4.69, 9.17) is 10.5 Å². The van der Waals surface area contributed by atoms with Gasteiger partial charge in [0.05, 0.1) is 17.7 Å². The third-order valence-corrected chi connectivity index (χ3v) is 3.23. The fourth-order valence-corrected chi connectivity index (χ4v) is 2.31. The first kappa shape index (κ1) is 11.5. The number of nitrogens with two attached hydrogens (primary N) is 1. The van der Waals surface area contributed by atoms with E-state index in [1.807, 2.05) is 6.07 Å². The van der Waals surface area contributed by atoms with E-state index in [2.05, 4.69) is 4.98 Å². The summed E-state index contributed by atoms with van der Waals surface area (Å²) >= 11 is 0.992. The van der Waals surface area contributed by atoms with Crippen LogP contribution in [0.4, 0.5) is 5.69 Å². The molecular weight excluding hydrogens is 240 g/mol. The third kappa shape index (κ3) is 2.42. The summed E-state index contributed by atoms with van der Waals surface area (Å²) in [7, 11) is 1.55. The number of benzene rings is 1. The maximum atomic E-state index is 11.0. The lowest BCUT2D eigenvalue weighted by atomic mass is 10.1. The van der Waals surface area contributed by atoms with E-state index in [0.717, 1.165) is 16.9 Å². The average molecular weight is 252 g/mol. The normalized spacial score (nSPS) is 10.4. The molecule has 0 aliphatic rings. The molecule has 4 N–H and O–H groups in total. The van der Waals surface area contributed by atoms with Crippen LogP contribution >= 0.6 is 11.3 Å². The highest BCUT2D eigenvalue weighted by atomic mass is 32.1. The number of methoxy groups -OCH3 is 1. The van der Waals surface area contributed by atoms with E-state index in [1.165, 1.54) is 0 Å². The van der Waals surface area contributed by atoms with Crippen molar-refractivity contribution in [1.29, 1.82) is 0 Å². The zero-order chi connectivity index (χ0) is 12.4. The number of nitrogens with one attached hydrogen (secondary N) is 1. The SMILES string of the molecule is COc1ccc(Cc2sc(=O)[nH]c2O)cc1N. The molecule has 0 unspecified atom stereocenters. The number of thiazole rings is 1. The lowest BCUT2D eigenvalue weighted by Gasteiger charge is -2.06. The minimum Gasteiger partial charge on any atom is -0.495 e. The Labute approximate surface area is 101 Å². The van der Waals surface area contributed by atoms with Gasteiger partial charge >= 0.3 is 4.87 Å². The number of H-pyrrole nitrogens is 1. The second-order valence-corrected chi connectivity index (χ2v) is 4.61. The molecule has 0 amide bonds. The van der Waals surface area contributed by atoms with Gasteiger partial charge in [0.25, 0.3) is 0 Å². The van der Waals surface area contributed by atoms with Crippen molar-refractivity contribution < 1.29 is 9.84 Å². The molecule has 1 aromatic carbocycles. The standard InChI is InChI=1S/C11H12N2O3S/c1-16-8-3-2-6(4-7(8)12)5-9-10(14)13-11(15)17-9/h2-4,14H,5,12H2,1H3,(H,13,15). The van der Waals surface area contributed by atoms with E-state index in [0.29, 0.717) is 22.7 Å². The number of hydrogen-bond acceptors (Lipinski definition) is 5. The fourth-order valence-electron chi connectivity index (χ4n) is 1.55.